The lowest BCUT2D eigenvalue weighted by molar-refractivity contribution is -0.118. The third kappa shape index (κ3) is 3.05. The van der Waals surface area contributed by atoms with Crippen molar-refractivity contribution in [3.63, 3.8) is 0 Å². The summed E-state index contributed by atoms with van der Waals surface area (Å²) in [6.45, 7) is 0.502. The summed E-state index contributed by atoms with van der Waals surface area (Å²) in [7, 11) is 0. The highest BCUT2D eigenvalue weighted by atomic mass is 32.1. The van der Waals surface area contributed by atoms with Gasteiger partial charge in [0.25, 0.3) is 11.8 Å². The van der Waals surface area contributed by atoms with Crippen LogP contribution in [0.1, 0.15) is 15.2 Å². The molecule has 1 aromatic carbocycles. The molecule has 6 heteroatoms. The number of ether oxygens (including phenoxy) is 1. The van der Waals surface area contributed by atoms with Gasteiger partial charge in [0.15, 0.2) is 12.4 Å². The van der Waals surface area contributed by atoms with Crippen LogP contribution in [0, 0.1) is 0 Å². The quantitative estimate of drug-likeness (QED) is 0.908. The first-order chi connectivity index (χ1) is 10.2. The van der Waals surface area contributed by atoms with E-state index in [4.69, 9.17) is 4.74 Å². The van der Waals surface area contributed by atoms with Gasteiger partial charge in [-0.3, -0.25) is 9.59 Å². The van der Waals surface area contributed by atoms with E-state index in [0.717, 1.165) is 6.42 Å². The summed E-state index contributed by atoms with van der Waals surface area (Å²) in [5.74, 6) is 0.0306. The molecule has 0 spiro atoms. The van der Waals surface area contributed by atoms with Crippen molar-refractivity contribution >= 4 is 28.8 Å². The fourth-order valence-electron chi connectivity index (χ4n) is 2.14. The minimum atomic E-state index is -0.210. The molecule has 108 valence electrons. The van der Waals surface area contributed by atoms with E-state index in [1.165, 1.54) is 4.88 Å². The molecule has 0 saturated heterocycles. The predicted molar refractivity (Wildman–Crippen MR) is 80.9 cm³/mol. The van der Waals surface area contributed by atoms with Gasteiger partial charge in [0, 0.05) is 11.4 Å². The second kappa shape index (κ2) is 5.97. The second-order valence-electron chi connectivity index (χ2n) is 4.60. The van der Waals surface area contributed by atoms with Gasteiger partial charge in [0.1, 0.15) is 0 Å². The van der Waals surface area contributed by atoms with Gasteiger partial charge in [-0.25, -0.2) is 0 Å². The standard InChI is InChI=1S/C15H14N2O3S/c18-13-9-20-14-11(4-1-5-12(14)17-13)15(19)16-7-6-10-3-2-8-21-10/h1-5,8H,6-7,9H2,(H,16,19)(H,17,18). The van der Waals surface area contributed by atoms with Gasteiger partial charge in [-0.15, -0.1) is 11.3 Å². The zero-order valence-corrected chi connectivity index (χ0v) is 12.0. The van der Waals surface area contributed by atoms with E-state index >= 15 is 0 Å². The van der Waals surface area contributed by atoms with Gasteiger partial charge in [-0.2, -0.15) is 0 Å². The van der Waals surface area contributed by atoms with E-state index < -0.39 is 0 Å². The first kappa shape index (κ1) is 13.6. The van der Waals surface area contributed by atoms with Crippen LogP contribution in [0.3, 0.4) is 0 Å². The summed E-state index contributed by atoms with van der Waals surface area (Å²) in [5.41, 5.74) is 0.982. The molecule has 1 aliphatic heterocycles. The highest BCUT2D eigenvalue weighted by molar-refractivity contribution is 7.09. The van der Waals surface area contributed by atoms with Crippen LogP contribution in [-0.2, 0) is 11.2 Å². The normalized spacial score (nSPS) is 13.0. The van der Waals surface area contributed by atoms with Crippen LogP contribution < -0.4 is 15.4 Å². The van der Waals surface area contributed by atoms with Gasteiger partial charge >= 0.3 is 0 Å². The number of amides is 2. The van der Waals surface area contributed by atoms with Gasteiger partial charge < -0.3 is 15.4 Å². The lowest BCUT2D eigenvalue weighted by Gasteiger charge is -2.20. The average molecular weight is 302 g/mol. The van der Waals surface area contributed by atoms with Crippen LogP contribution in [-0.4, -0.2) is 25.0 Å². The zero-order valence-electron chi connectivity index (χ0n) is 11.2. The summed E-state index contributed by atoms with van der Waals surface area (Å²) >= 11 is 1.67. The fraction of sp³-hybridized carbons (Fsp3) is 0.200. The third-order valence-electron chi connectivity index (χ3n) is 3.12. The minimum absolute atomic E-state index is 0.0630. The Morgan fingerprint density at radius 2 is 2.24 bits per heavy atom. The number of anilines is 1. The van der Waals surface area contributed by atoms with Crippen LogP contribution in [0.4, 0.5) is 5.69 Å². The van der Waals surface area contributed by atoms with Crippen molar-refractivity contribution in [2.45, 2.75) is 6.42 Å². The fourth-order valence-corrected chi connectivity index (χ4v) is 2.85. The highest BCUT2D eigenvalue weighted by Gasteiger charge is 2.22. The Hall–Kier alpha value is -2.34. The van der Waals surface area contributed by atoms with Crippen LogP contribution in [0.5, 0.6) is 5.75 Å². The van der Waals surface area contributed by atoms with Crippen molar-refractivity contribution in [2.24, 2.45) is 0 Å². The molecule has 2 heterocycles. The number of hydrogen-bond donors (Lipinski definition) is 2. The molecule has 1 aromatic heterocycles. The van der Waals surface area contributed by atoms with Crippen molar-refractivity contribution in [1.29, 1.82) is 0 Å². The molecular weight excluding hydrogens is 288 g/mol. The van der Waals surface area contributed by atoms with Crippen molar-refractivity contribution in [2.75, 3.05) is 18.5 Å². The molecule has 0 aliphatic carbocycles. The van der Waals surface area contributed by atoms with Crippen LogP contribution in [0.15, 0.2) is 35.7 Å². The van der Waals surface area contributed by atoms with E-state index in [2.05, 4.69) is 10.6 Å². The number of hydrogen-bond acceptors (Lipinski definition) is 4. The number of nitrogens with one attached hydrogen (secondary N) is 2. The molecule has 0 saturated carbocycles. The molecule has 0 unspecified atom stereocenters. The van der Waals surface area contributed by atoms with Crippen molar-refractivity contribution in [3.05, 3.63) is 46.2 Å². The molecule has 0 radical (unpaired) electrons. The smallest absolute Gasteiger partial charge is 0.262 e. The maximum absolute atomic E-state index is 12.2. The Morgan fingerprint density at radius 3 is 3.05 bits per heavy atom. The molecule has 5 nitrogen and oxygen atoms in total. The van der Waals surface area contributed by atoms with Gasteiger partial charge in [0.05, 0.1) is 11.3 Å². The van der Waals surface area contributed by atoms with Gasteiger partial charge in [0.2, 0.25) is 0 Å². The van der Waals surface area contributed by atoms with E-state index in [0.29, 0.717) is 23.5 Å². The Balaban J connectivity index is 1.67. The summed E-state index contributed by atoms with van der Waals surface area (Å²) < 4.78 is 5.37. The topological polar surface area (TPSA) is 67.4 Å². The third-order valence-corrected chi connectivity index (χ3v) is 4.05. The maximum atomic E-state index is 12.2. The minimum Gasteiger partial charge on any atom is -0.481 e. The SMILES string of the molecule is O=C1COc2c(cccc2C(=O)NCCc2cccs2)N1. The maximum Gasteiger partial charge on any atom is 0.262 e. The second-order valence-corrected chi connectivity index (χ2v) is 5.64. The van der Waals surface area contributed by atoms with Crippen molar-refractivity contribution in [3.8, 4) is 5.75 Å². The van der Waals surface area contributed by atoms with E-state index in [1.807, 2.05) is 17.5 Å². The summed E-state index contributed by atoms with van der Waals surface area (Å²) in [6.07, 6.45) is 0.802. The first-order valence-electron chi connectivity index (χ1n) is 6.60. The molecule has 0 bridgehead atoms. The molecule has 21 heavy (non-hydrogen) atoms. The zero-order chi connectivity index (χ0) is 14.7. The van der Waals surface area contributed by atoms with E-state index in [-0.39, 0.29) is 18.4 Å². The Kier molecular flexibility index (Phi) is 3.87. The van der Waals surface area contributed by atoms with Crippen molar-refractivity contribution < 1.29 is 14.3 Å². The van der Waals surface area contributed by atoms with Crippen LogP contribution in [0.25, 0.3) is 0 Å². The lowest BCUT2D eigenvalue weighted by Crippen LogP contribution is -2.30. The number of carbonyl (C=O) groups excluding carboxylic acids is 2. The lowest BCUT2D eigenvalue weighted by atomic mass is 10.1. The molecule has 2 aromatic rings. The summed E-state index contributed by atoms with van der Waals surface area (Å²) in [6, 6.07) is 9.17. The largest absolute Gasteiger partial charge is 0.481 e. The van der Waals surface area contributed by atoms with Crippen LogP contribution >= 0.6 is 11.3 Å². The predicted octanol–water partition coefficient (Wildman–Crippen LogP) is 2.05. The molecule has 1 aliphatic rings. The number of thiophene rings is 1. The summed E-state index contributed by atoms with van der Waals surface area (Å²) in [5, 5.41) is 7.58. The molecular formula is C15H14N2O3S. The van der Waals surface area contributed by atoms with Gasteiger partial charge in [-0.1, -0.05) is 12.1 Å². The summed E-state index contributed by atoms with van der Waals surface area (Å²) in [4.78, 5) is 24.7. The number of carbonyl (C=O) groups is 2. The number of fused-ring (bicyclic) bond motifs is 1. The van der Waals surface area contributed by atoms with Gasteiger partial charge in [-0.05, 0) is 30.0 Å². The number of rotatable bonds is 4. The van der Waals surface area contributed by atoms with E-state index in [1.54, 1.807) is 29.5 Å². The highest BCUT2D eigenvalue weighted by Crippen LogP contribution is 2.31. The number of para-hydroxylation sites is 1. The molecule has 0 fully saturated rings. The number of benzene rings is 1. The van der Waals surface area contributed by atoms with Crippen LogP contribution in [0.2, 0.25) is 0 Å². The molecule has 3 rings (SSSR count). The Bertz CT molecular complexity index is 668. The Morgan fingerprint density at radius 1 is 1.33 bits per heavy atom. The van der Waals surface area contributed by atoms with Crippen molar-refractivity contribution in [1.82, 2.24) is 5.32 Å². The average Bonchev–Trinajstić information content (AvgIpc) is 2.99. The van der Waals surface area contributed by atoms with E-state index in [9.17, 15) is 9.59 Å². The molecule has 0 atom stereocenters. The first-order valence-corrected chi connectivity index (χ1v) is 7.48. The molecule has 2 N–H and O–H groups in total. The monoisotopic (exact) mass is 302 g/mol. The Labute approximate surface area is 125 Å². The molecule has 2 amide bonds.